The summed E-state index contributed by atoms with van der Waals surface area (Å²) in [4.78, 5) is 24.4. The highest BCUT2D eigenvalue weighted by Gasteiger charge is 2.31. The van der Waals surface area contributed by atoms with Crippen LogP contribution < -0.4 is 0 Å². The Morgan fingerprint density at radius 3 is 2.56 bits per heavy atom. The van der Waals surface area contributed by atoms with Gasteiger partial charge in [0.2, 0.25) is 5.91 Å². The summed E-state index contributed by atoms with van der Waals surface area (Å²) in [6.45, 7) is 4.93. The average Bonchev–Trinajstić information content (AvgIpc) is 2.30. The largest absolute Gasteiger partial charge is 0.479 e. The predicted octanol–water partition coefficient (Wildman–Crippen LogP) is 0.735. The molecular formula is C11H19NO4. The van der Waals surface area contributed by atoms with Crippen LogP contribution in [0, 0.1) is 5.92 Å². The Kier molecular flexibility index (Phi) is 4.73. The molecule has 1 atom stereocenters. The third kappa shape index (κ3) is 2.95. The molecule has 0 radical (unpaired) electrons. The topological polar surface area (TPSA) is 66.8 Å². The zero-order valence-electron chi connectivity index (χ0n) is 9.81. The Labute approximate surface area is 95.4 Å². The number of carbonyl (C=O) groups is 2. The summed E-state index contributed by atoms with van der Waals surface area (Å²) in [5, 5.41) is 8.83. The lowest BCUT2D eigenvalue weighted by molar-refractivity contribution is -0.160. The standard InChI is InChI=1S/C11H19NO4/c1-3-8(4-2)10(13)12-5-6-16-9(7-12)11(14)15/h8-9H,3-7H2,1-2H3,(H,14,15). The molecule has 1 fully saturated rings. The second-order valence-electron chi connectivity index (χ2n) is 4.00. The van der Waals surface area contributed by atoms with Crippen LogP contribution in [0.4, 0.5) is 0 Å². The number of aliphatic carboxylic acids is 1. The van der Waals surface area contributed by atoms with Gasteiger partial charge in [0.1, 0.15) is 0 Å². The van der Waals surface area contributed by atoms with E-state index in [9.17, 15) is 9.59 Å². The van der Waals surface area contributed by atoms with Crippen LogP contribution in [0.15, 0.2) is 0 Å². The van der Waals surface area contributed by atoms with E-state index in [1.54, 1.807) is 4.90 Å². The molecule has 1 aliphatic rings. The molecule has 1 unspecified atom stereocenters. The molecule has 1 N–H and O–H groups in total. The number of nitrogens with zero attached hydrogens (tertiary/aromatic N) is 1. The van der Waals surface area contributed by atoms with E-state index in [0.29, 0.717) is 13.2 Å². The minimum absolute atomic E-state index is 0.00699. The Morgan fingerprint density at radius 2 is 2.06 bits per heavy atom. The molecule has 1 saturated heterocycles. The van der Waals surface area contributed by atoms with Crippen molar-refractivity contribution in [2.24, 2.45) is 5.92 Å². The fraction of sp³-hybridized carbons (Fsp3) is 0.818. The number of carboxylic acids is 1. The summed E-state index contributed by atoms with van der Waals surface area (Å²) in [5.74, 6) is -0.936. The van der Waals surface area contributed by atoms with E-state index in [-0.39, 0.29) is 18.4 Å². The lowest BCUT2D eigenvalue weighted by Crippen LogP contribution is -2.50. The van der Waals surface area contributed by atoms with Crippen molar-refractivity contribution in [2.45, 2.75) is 32.8 Å². The summed E-state index contributed by atoms with van der Waals surface area (Å²) in [7, 11) is 0. The number of hydrogen-bond acceptors (Lipinski definition) is 3. The Balaban J connectivity index is 2.59. The van der Waals surface area contributed by atoms with E-state index < -0.39 is 12.1 Å². The molecule has 0 bridgehead atoms. The van der Waals surface area contributed by atoms with Gasteiger partial charge in [0.15, 0.2) is 6.10 Å². The van der Waals surface area contributed by atoms with Crippen molar-refractivity contribution < 1.29 is 19.4 Å². The van der Waals surface area contributed by atoms with Crippen LogP contribution in [0.3, 0.4) is 0 Å². The van der Waals surface area contributed by atoms with Gasteiger partial charge in [-0.3, -0.25) is 4.79 Å². The van der Waals surface area contributed by atoms with Crippen molar-refractivity contribution in [3.05, 3.63) is 0 Å². The quantitative estimate of drug-likeness (QED) is 0.772. The third-order valence-electron chi connectivity index (χ3n) is 2.99. The number of hydrogen-bond donors (Lipinski definition) is 1. The summed E-state index contributed by atoms with van der Waals surface area (Å²) in [6.07, 6.45) is 0.724. The van der Waals surface area contributed by atoms with Gasteiger partial charge >= 0.3 is 5.97 Å². The third-order valence-corrected chi connectivity index (χ3v) is 2.99. The molecule has 16 heavy (non-hydrogen) atoms. The molecule has 0 spiro atoms. The number of rotatable bonds is 4. The number of carbonyl (C=O) groups excluding carboxylic acids is 1. The monoisotopic (exact) mass is 229 g/mol. The molecule has 0 aromatic rings. The van der Waals surface area contributed by atoms with Gasteiger partial charge in [0.05, 0.1) is 13.2 Å². The first-order valence-corrected chi connectivity index (χ1v) is 5.73. The van der Waals surface area contributed by atoms with Gasteiger partial charge in [-0.05, 0) is 12.8 Å². The van der Waals surface area contributed by atoms with Crippen molar-refractivity contribution in [1.82, 2.24) is 4.90 Å². The van der Waals surface area contributed by atoms with Crippen LogP contribution in [-0.4, -0.2) is 47.7 Å². The molecule has 0 aromatic heterocycles. The van der Waals surface area contributed by atoms with Gasteiger partial charge in [0, 0.05) is 12.5 Å². The van der Waals surface area contributed by atoms with Gasteiger partial charge < -0.3 is 14.7 Å². The number of amides is 1. The lowest BCUT2D eigenvalue weighted by Gasteiger charge is -2.33. The lowest BCUT2D eigenvalue weighted by atomic mass is 10.0. The highest BCUT2D eigenvalue weighted by Crippen LogP contribution is 2.15. The predicted molar refractivity (Wildman–Crippen MR) is 58.0 cm³/mol. The van der Waals surface area contributed by atoms with E-state index >= 15 is 0 Å². The van der Waals surface area contributed by atoms with E-state index in [1.165, 1.54) is 0 Å². The molecule has 92 valence electrons. The van der Waals surface area contributed by atoms with Crippen molar-refractivity contribution >= 4 is 11.9 Å². The van der Waals surface area contributed by atoms with Crippen LogP contribution in [0.1, 0.15) is 26.7 Å². The molecule has 1 aliphatic heterocycles. The molecule has 0 aliphatic carbocycles. The minimum atomic E-state index is -0.998. The summed E-state index contributed by atoms with van der Waals surface area (Å²) in [6, 6.07) is 0. The van der Waals surface area contributed by atoms with Gasteiger partial charge in [-0.25, -0.2) is 4.79 Å². The molecule has 0 aromatic carbocycles. The molecule has 5 heteroatoms. The number of carboxylic acid groups (broad SMARTS) is 1. The number of morpholine rings is 1. The van der Waals surface area contributed by atoms with Crippen LogP contribution in [-0.2, 0) is 14.3 Å². The first-order chi connectivity index (χ1) is 7.60. The van der Waals surface area contributed by atoms with Crippen molar-refractivity contribution in [3.63, 3.8) is 0 Å². The minimum Gasteiger partial charge on any atom is -0.479 e. The van der Waals surface area contributed by atoms with E-state index in [1.807, 2.05) is 13.8 Å². The zero-order valence-corrected chi connectivity index (χ0v) is 9.81. The maximum atomic E-state index is 12.0. The summed E-state index contributed by atoms with van der Waals surface area (Å²) in [5.41, 5.74) is 0. The Bertz CT molecular complexity index is 263. The molecule has 1 heterocycles. The second-order valence-corrected chi connectivity index (χ2v) is 4.00. The fourth-order valence-electron chi connectivity index (χ4n) is 1.89. The summed E-state index contributed by atoms with van der Waals surface area (Å²) < 4.78 is 5.07. The first-order valence-electron chi connectivity index (χ1n) is 5.73. The number of ether oxygens (including phenoxy) is 1. The van der Waals surface area contributed by atoms with Crippen LogP contribution >= 0.6 is 0 Å². The second kappa shape index (κ2) is 5.84. The van der Waals surface area contributed by atoms with Gasteiger partial charge in [-0.2, -0.15) is 0 Å². The fourth-order valence-corrected chi connectivity index (χ4v) is 1.89. The highest BCUT2D eigenvalue weighted by atomic mass is 16.5. The zero-order chi connectivity index (χ0) is 12.1. The van der Waals surface area contributed by atoms with E-state index in [2.05, 4.69) is 0 Å². The summed E-state index contributed by atoms with van der Waals surface area (Å²) >= 11 is 0. The Hall–Kier alpha value is -1.10. The van der Waals surface area contributed by atoms with Gasteiger partial charge in [0.25, 0.3) is 0 Å². The highest BCUT2D eigenvalue weighted by molar-refractivity contribution is 5.80. The van der Waals surface area contributed by atoms with Crippen molar-refractivity contribution in [2.75, 3.05) is 19.7 Å². The van der Waals surface area contributed by atoms with Crippen molar-refractivity contribution in [1.29, 1.82) is 0 Å². The molecule has 5 nitrogen and oxygen atoms in total. The normalized spacial score (nSPS) is 21.2. The maximum absolute atomic E-state index is 12.0. The maximum Gasteiger partial charge on any atom is 0.334 e. The first kappa shape index (κ1) is 13.0. The van der Waals surface area contributed by atoms with Crippen LogP contribution in [0.25, 0.3) is 0 Å². The van der Waals surface area contributed by atoms with Gasteiger partial charge in [-0.1, -0.05) is 13.8 Å². The van der Waals surface area contributed by atoms with E-state index in [4.69, 9.17) is 9.84 Å². The smallest absolute Gasteiger partial charge is 0.334 e. The van der Waals surface area contributed by atoms with Crippen molar-refractivity contribution in [3.8, 4) is 0 Å². The molecule has 0 saturated carbocycles. The average molecular weight is 229 g/mol. The van der Waals surface area contributed by atoms with Gasteiger partial charge in [-0.15, -0.1) is 0 Å². The Morgan fingerprint density at radius 1 is 1.44 bits per heavy atom. The molecule has 1 amide bonds. The van der Waals surface area contributed by atoms with E-state index in [0.717, 1.165) is 12.8 Å². The molecular weight excluding hydrogens is 210 g/mol. The molecule has 1 rings (SSSR count). The van der Waals surface area contributed by atoms with Crippen LogP contribution in [0.2, 0.25) is 0 Å². The van der Waals surface area contributed by atoms with Crippen LogP contribution in [0.5, 0.6) is 0 Å². The SMILES string of the molecule is CCC(CC)C(=O)N1CCOC(C(=O)O)C1.